The van der Waals surface area contributed by atoms with Gasteiger partial charge in [0.05, 0.1) is 7.11 Å². The molecule has 0 atom stereocenters. The standard InChI is InChI=1S/C26H32O/c1-3-4-5-6-21-9-15-24(16-10-21)25-17-11-22(12-18-25)7-8-23-13-19-26(27-2)20-14-23/h11-14,17-21,24H,3-6,9-10,15-16H2,1-2H3/t21-,24-. The van der Waals surface area contributed by atoms with E-state index in [-0.39, 0.29) is 0 Å². The smallest absolute Gasteiger partial charge is 0.118 e. The van der Waals surface area contributed by atoms with Crippen molar-refractivity contribution in [1.82, 2.24) is 0 Å². The molecule has 1 fully saturated rings. The number of hydrogen-bond acceptors (Lipinski definition) is 1. The SMILES string of the molecule is CCCCC[C@H]1CC[C@H](c2ccc(C#Cc3ccc(OC)cc3)cc2)CC1. The minimum absolute atomic E-state index is 0.746. The van der Waals surface area contributed by atoms with Crippen molar-refractivity contribution >= 4 is 0 Å². The average molecular weight is 361 g/mol. The molecule has 0 radical (unpaired) electrons. The molecule has 1 aliphatic carbocycles. The van der Waals surface area contributed by atoms with Crippen LogP contribution in [0, 0.1) is 17.8 Å². The molecule has 0 aromatic heterocycles. The molecule has 0 N–H and O–H groups in total. The van der Waals surface area contributed by atoms with Crippen LogP contribution in [-0.2, 0) is 0 Å². The molecule has 0 bridgehead atoms. The molecule has 1 heteroatoms. The molecular weight excluding hydrogens is 328 g/mol. The van der Waals surface area contributed by atoms with Crippen LogP contribution in [0.25, 0.3) is 0 Å². The van der Waals surface area contributed by atoms with Crippen LogP contribution in [0.3, 0.4) is 0 Å². The molecule has 1 aliphatic rings. The first-order valence-electron chi connectivity index (χ1n) is 10.5. The minimum Gasteiger partial charge on any atom is -0.497 e. The van der Waals surface area contributed by atoms with Gasteiger partial charge in [0.2, 0.25) is 0 Å². The lowest BCUT2D eigenvalue weighted by Crippen LogP contribution is -2.13. The quantitative estimate of drug-likeness (QED) is 0.400. The summed E-state index contributed by atoms with van der Waals surface area (Å²) in [6.07, 6.45) is 11.1. The van der Waals surface area contributed by atoms with Crippen molar-refractivity contribution in [1.29, 1.82) is 0 Å². The summed E-state index contributed by atoms with van der Waals surface area (Å²) in [6.45, 7) is 2.29. The van der Waals surface area contributed by atoms with Gasteiger partial charge in [0.1, 0.15) is 5.75 Å². The molecule has 3 rings (SSSR count). The van der Waals surface area contributed by atoms with Crippen molar-refractivity contribution < 1.29 is 4.74 Å². The number of rotatable bonds is 6. The molecule has 1 saturated carbocycles. The first-order chi connectivity index (χ1) is 13.3. The van der Waals surface area contributed by atoms with Crippen LogP contribution >= 0.6 is 0 Å². The van der Waals surface area contributed by atoms with Crippen molar-refractivity contribution in [2.75, 3.05) is 7.11 Å². The van der Waals surface area contributed by atoms with Crippen molar-refractivity contribution in [3.63, 3.8) is 0 Å². The molecular formula is C26H32O. The van der Waals surface area contributed by atoms with Crippen LogP contribution in [0.4, 0.5) is 0 Å². The zero-order chi connectivity index (χ0) is 18.9. The Bertz CT molecular complexity index is 738. The van der Waals surface area contributed by atoms with Crippen molar-refractivity contribution in [3.05, 3.63) is 65.2 Å². The second-order valence-corrected chi connectivity index (χ2v) is 7.81. The van der Waals surface area contributed by atoms with Gasteiger partial charge in [-0.1, -0.05) is 56.6 Å². The zero-order valence-electron chi connectivity index (χ0n) is 16.8. The number of unbranched alkanes of at least 4 members (excludes halogenated alkanes) is 2. The lowest BCUT2D eigenvalue weighted by atomic mass is 9.77. The van der Waals surface area contributed by atoms with Crippen LogP contribution in [0.2, 0.25) is 0 Å². The van der Waals surface area contributed by atoms with E-state index >= 15 is 0 Å². The predicted molar refractivity (Wildman–Crippen MR) is 114 cm³/mol. The summed E-state index contributed by atoms with van der Waals surface area (Å²) in [6, 6.07) is 16.8. The highest BCUT2D eigenvalue weighted by atomic mass is 16.5. The van der Waals surface area contributed by atoms with E-state index in [1.54, 1.807) is 7.11 Å². The Hall–Kier alpha value is -2.20. The van der Waals surface area contributed by atoms with E-state index in [1.165, 1.54) is 56.9 Å². The summed E-state index contributed by atoms with van der Waals surface area (Å²) in [5, 5.41) is 0. The molecule has 27 heavy (non-hydrogen) atoms. The molecule has 0 amide bonds. The van der Waals surface area contributed by atoms with Crippen molar-refractivity contribution in [3.8, 4) is 17.6 Å². The minimum atomic E-state index is 0.746. The Morgan fingerprint density at radius 2 is 1.41 bits per heavy atom. The van der Waals surface area contributed by atoms with Gasteiger partial charge in [0, 0.05) is 11.1 Å². The second kappa shape index (κ2) is 10.2. The molecule has 0 aliphatic heterocycles. The highest BCUT2D eigenvalue weighted by Gasteiger charge is 2.21. The van der Waals surface area contributed by atoms with E-state index in [1.807, 2.05) is 24.3 Å². The van der Waals surface area contributed by atoms with E-state index in [0.29, 0.717) is 0 Å². The van der Waals surface area contributed by atoms with E-state index in [9.17, 15) is 0 Å². The second-order valence-electron chi connectivity index (χ2n) is 7.81. The summed E-state index contributed by atoms with van der Waals surface area (Å²) in [7, 11) is 1.68. The third-order valence-electron chi connectivity index (χ3n) is 5.89. The Morgan fingerprint density at radius 1 is 0.815 bits per heavy atom. The van der Waals surface area contributed by atoms with Crippen LogP contribution in [-0.4, -0.2) is 7.11 Å². The molecule has 0 heterocycles. The van der Waals surface area contributed by atoms with Crippen LogP contribution in [0.1, 0.15) is 80.9 Å². The normalized spacial score (nSPS) is 19.2. The topological polar surface area (TPSA) is 9.23 Å². The largest absolute Gasteiger partial charge is 0.497 e. The Labute approximate surface area is 165 Å². The molecule has 0 spiro atoms. The van der Waals surface area contributed by atoms with Gasteiger partial charge in [-0.25, -0.2) is 0 Å². The van der Waals surface area contributed by atoms with Crippen molar-refractivity contribution in [2.24, 2.45) is 5.92 Å². The number of methoxy groups -OCH3 is 1. The molecule has 0 saturated heterocycles. The van der Waals surface area contributed by atoms with Crippen LogP contribution in [0.15, 0.2) is 48.5 Å². The first-order valence-corrected chi connectivity index (χ1v) is 10.5. The molecule has 0 unspecified atom stereocenters. The van der Waals surface area contributed by atoms with Gasteiger partial charge in [0.25, 0.3) is 0 Å². The first kappa shape index (κ1) is 19.6. The van der Waals surface area contributed by atoms with Gasteiger partial charge in [-0.3, -0.25) is 0 Å². The van der Waals surface area contributed by atoms with Crippen molar-refractivity contribution in [2.45, 2.75) is 64.2 Å². The molecule has 2 aromatic rings. The fourth-order valence-corrected chi connectivity index (χ4v) is 4.12. The Balaban J connectivity index is 1.53. The molecule has 142 valence electrons. The maximum atomic E-state index is 5.19. The lowest BCUT2D eigenvalue weighted by molar-refractivity contribution is 0.303. The average Bonchev–Trinajstić information content (AvgIpc) is 2.74. The van der Waals surface area contributed by atoms with Gasteiger partial charge >= 0.3 is 0 Å². The van der Waals surface area contributed by atoms with Gasteiger partial charge in [-0.05, 0) is 79.5 Å². The summed E-state index contributed by atoms with van der Waals surface area (Å²) in [4.78, 5) is 0. The van der Waals surface area contributed by atoms with Crippen LogP contribution in [0.5, 0.6) is 5.75 Å². The Kier molecular flexibility index (Phi) is 7.40. The highest BCUT2D eigenvalue weighted by Crippen LogP contribution is 2.37. The fourth-order valence-electron chi connectivity index (χ4n) is 4.12. The summed E-state index contributed by atoms with van der Waals surface area (Å²) in [5.41, 5.74) is 3.60. The van der Waals surface area contributed by atoms with Gasteiger partial charge in [0.15, 0.2) is 0 Å². The van der Waals surface area contributed by atoms with E-state index in [0.717, 1.165) is 28.7 Å². The van der Waals surface area contributed by atoms with E-state index in [4.69, 9.17) is 4.74 Å². The summed E-state index contributed by atoms with van der Waals surface area (Å²) in [5.74, 6) is 9.10. The molecule has 1 nitrogen and oxygen atoms in total. The lowest BCUT2D eigenvalue weighted by Gasteiger charge is -2.29. The number of benzene rings is 2. The highest BCUT2D eigenvalue weighted by molar-refractivity contribution is 5.45. The maximum absolute atomic E-state index is 5.19. The van der Waals surface area contributed by atoms with E-state index in [2.05, 4.69) is 43.0 Å². The van der Waals surface area contributed by atoms with Gasteiger partial charge in [-0.2, -0.15) is 0 Å². The predicted octanol–water partition coefficient (Wildman–Crippen LogP) is 6.95. The number of ether oxygens (including phenoxy) is 1. The monoisotopic (exact) mass is 360 g/mol. The zero-order valence-corrected chi connectivity index (χ0v) is 16.8. The fraction of sp³-hybridized carbons (Fsp3) is 0.462. The Morgan fingerprint density at radius 3 is 1.96 bits per heavy atom. The van der Waals surface area contributed by atoms with Crippen LogP contribution < -0.4 is 4.74 Å². The maximum Gasteiger partial charge on any atom is 0.118 e. The summed E-state index contributed by atoms with van der Waals surface area (Å²) >= 11 is 0. The molecule has 2 aromatic carbocycles. The third-order valence-corrected chi connectivity index (χ3v) is 5.89. The van der Waals surface area contributed by atoms with Gasteiger partial charge in [-0.15, -0.1) is 0 Å². The number of hydrogen-bond donors (Lipinski definition) is 0. The van der Waals surface area contributed by atoms with E-state index < -0.39 is 0 Å². The van der Waals surface area contributed by atoms with Gasteiger partial charge < -0.3 is 4.74 Å². The third kappa shape index (κ3) is 5.90. The summed E-state index contributed by atoms with van der Waals surface area (Å²) < 4.78 is 5.19.